The van der Waals surface area contributed by atoms with Crippen molar-refractivity contribution in [2.75, 3.05) is 18.0 Å². The van der Waals surface area contributed by atoms with Gasteiger partial charge in [-0.25, -0.2) is 4.79 Å². The van der Waals surface area contributed by atoms with E-state index < -0.39 is 0 Å². The number of rotatable bonds is 5. The monoisotopic (exact) mass is 383 g/mol. The molecular formula is C25H25N3O. The Hall–Kier alpha value is -3.11. The van der Waals surface area contributed by atoms with Gasteiger partial charge in [0.05, 0.1) is 0 Å². The summed E-state index contributed by atoms with van der Waals surface area (Å²) in [6.07, 6.45) is 2.23. The summed E-state index contributed by atoms with van der Waals surface area (Å²) < 4.78 is 0. The average Bonchev–Trinajstić information content (AvgIpc) is 3.38. The van der Waals surface area contributed by atoms with Crippen molar-refractivity contribution in [3.8, 4) is 11.1 Å². The van der Waals surface area contributed by atoms with E-state index in [1.807, 2.05) is 12.1 Å². The summed E-state index contributed by atoms with van der Waals surface area (Å²) in [5.74, 6) is 0. The van der Waals surface area contributed by atoms with Crippen molar-refractivity contribution in [3.05, 3.63) is 89.5 Å². The number of benzene rings is 3. The molecule has 29 heavy (non-hydrogen) atoms. The maximum absolute atomic E-state index is 11.9. The summed E-state index contributed by atoms with van der Waals surface area (Å²) in [7, 11) is 0. The molecule has 0 radical (unpaired) electrons. The number of fused-ring (bicyclic) bond motifs is 1. The molecule has 1 aliphatic carbocycles. The Bertz CT molecular complexity index is 1000. The fraction of sp³-hybridized carbons (Fsp3) is 0.240. The van der Waals surface area contributed by atoms with E-state index in [-0.39, 0.29) is 6.03 Å². The zero-order chi connectivity index (χ0) is 19.6. The van der Waals surface area contributed by atoms with Gasteiger partial charge in [-0.2, -0.15) is 0 Å². The lowest BCUT2D eigenvalue weighted by atomic mass is 10.0. The Labute approximate surface area is 171 Å². The van der Waals surface area contributed by atoms with E-state index in [2.05, 4.69) is 71.3 Å². The van der Waals surface area contributed by atoms with Crippen molar-refractivity contribution in [1.29, 1.82) is 0 Å². The molecule has 0 bridgehead atoms. The quantitative estimate of drug-likeness (QED) is 0.695. The maximum atomic E-state index is 11.9. The molecule has 146 valence electrons. The molecular weight excluding hydrogens is 358 g/mol. The largest absolute Gasteiger partial charge is 0.336 e. The Morgan fingerprint density at radius 3 is 2.34 bits per heavy atom. The number of nitrogens with zero attached hydrogens (tertiary/aromatic N) is 1. The van der Waals surface area contributed by atoms with E-state index in [1.165, 1.54) is 22.3 Å². The molecule has 0 atom stereocenters. The lowest BCUT2D eigenvalue weighted by molar-refractivity contribution is 0.252. The van der Waals surface area contributed by atoms with Gasteiger partial charge in [-0.3, -0.25) is 4.90 Å². The molecule has 2 N–H and O–H groups in total. The molecule has 0 aromatic heterocycles. The van der Waals surface area contributed by atoms with Crippen LogP contribution in [0.2, 0.25) is 0 Å². The minimum absolute atomic E-state index is 0.0161. The van der Waals surface area contributed by atoms with E-state index in [1.54, 1.807) is 4.90 Å². The normalized spacial score (nSPS) is 16.1. The highest BCUT2D eigenvalue weighted by Gasteiger charge is 2.21. The highest BCUT2D eigenvalue weighted by molar-refractivity contribution is 5.94. The fourth-order valence-corrected chi connectivity index (χ4v) is 4.35. The van der Waals surface area contributed by atoms with Crippen LogP contribution in [0.1, 0.15) is 16.7 Å². The molecule has 1 heterocycles. The van der Waals surface area contributed by atoms with Crippen molar-refractivity contribution in [2.45, 2.75) is 25.4 Å². The molecule has 0 saturated carbocycles. The topological polar surface area (TPSA) is 44.4 Å². The van der Waals surface area contributed by atoms with Crippen LogP contribution in [0.5, 0.6) is 0 Å². The van der Waals surface area contributed by atoms with Crippen molar-refractivity contribution < 1.29 is 4.79 Å². The lowest BCUT2D eigenvalue weighted by Crippen LogP contribution is -2.28. The van der Waals surface area contributed by atoms with Crippen LogP contribution in [0, 0.1) is 0 Å². The number of amides is 2. The first-order valence-corrected chi connectivity index (χ1v) is 10.3. The molecule has 5 rings (SSSR count). The van der Waals surface area contributed by atoms with Gasteiger partial charge in [0.1, 0.15) is 0 Å². The summed E-state index contributed by atoms with van der Waals surface area (Å²) in [5, 5.41) is 6.56. The van der Waals surface area contributed by atoms with Crippen LogP contribution >= 0.6 is 0 Å². The van der Waals surface area contributed by atoms with E-state index in [9.17, 15) is 4.79 Å². The fourth-order valence-electron chi connectivity index (χ4n) is 4.35. The summed E-state index contributed by atoms with van der Waals surface area (Å²) in [6, 6.07) is 26.2. The number of urea groups is 1. The van der Waals surface area contributed by atoms with E-state index in [0.717, 1.165) is 37.2 Å². The standard InChI is InChI=1S/C25H25N3O/c29-25-26-12-13-28(25)24-7-3-6-22(16-24)19-10-8-18(9-11-19)17-27-23-14-20-4-1-2-5-21(20)15-23/h1-11,16,23,27H,12-15,17H2,(H,26,29). The van der Waals surface area contributed by atoms with Crippen LogP contribution in [0.4, 0.5) is 10.5 Å². The van der Waals surface area contributed by atoms with Gasteiger partial charge in [0, 0.05) is 31.4 Å². The first kappa shape index (κ1) is 18.0. The Morgan fingerprint density at radius 2 is 1.66 bits per heavy atom. The molecule has 1 aliphatic heterocycles. The van der Waals surface area contributed by atoms with Gasteiger partial charge in [0.2, 0.25) is 0 Å². The second-order valence-electron chi connectivity index (χ2n) is 7.89. The smallest absolute Gasteiger partial charge is 0.321 e. The summed E-state index contributed by atoms with van der Waals surface area (Å²) in [5.41, 5.74) is 7.50. The zero-order valence-electron chi connectivity index (χ0n) is 16.4. The molecule has 2 amide bonds. The highest BCUT2D eigenvalue weighted by atomic mass is 16.2. The molecule has 0 unspecified atom stereocenters. The van der Waals surface area contributed by atoms with Crippen LogP contribution in [0.25, 0.3) is 11.1 Å². The predicted octanol–water partition coefficient (Wildman–Crippen LogP) is 4.14. The number of anilines is 1. The van der Waals surface area contributed by atoms with Crippen molar-refractivity contribution in [1.82, 2.24) is 10.6 Å². The number of nitrogens with one attached hydrogen (secondary N) is 2. The van der Waals surface area contributed by atoms with Crippen LogP contribution in [0.15, 0.2) is 72.8 Å². The average molecular weight is 383 g/mol. The maximum Gasteiger partial charge on any atom is 0.321 e. The third-order valence-corrected chi connectivity index (χ3v) is 5.95. The van der Waals surface area contributed by atoms with Gasteiger partial charge in [-0.05, 0) is 52.8 Å². The second-order valence-corrected chi connectivity index (χ2v) is 7.89. The third-order valence-electron chi connectivity index (χ3n) is 5.95. The van der Waals surface area contributed by atoms with Crippen LogP contribution in [-0.4, -0.2) is 25.2 Å². The highest BCUT2D eigenvalue weighted by Crippen LogP contribution is 2.26. The van der Waals surface area contributed by atoms with Gasteiger partial charge in [0.15, 0.2) is 0 Å². The Morgan fingerprint density at radius 1 is 0.897 bits per heavy atom. The van der Waals surface area contributed by atoms with E-state index in [0.29, 0.717) is 12.6 Å². The van der Waals surface area contributed by atoms with Gasteiger partial charge in [0.25, 0.3) is 0 Å². The summed E-state index contributed by atoms with van der Waals surface area (Å²) in [4.78, 5) is 13.7. The Balaban J connectivity index is 1.23. The number of carbonyl (C=O) groups excluding carboxylic acids is 1. The molecule has 0 spiro atoms. The Kier molecular flexibility index (Phi) is 4.78. The summed E-state index contributed by atoms with van der Waals surface area (Å²) in [6.45, 7) is 2.31. The second kappa shape index (κ2) is 7.72. The minimum atomic E-state index is -0.0161. The van der Waals surface area contributed by atoms with Gasteiger partial charge >= 0.3 is 6.03 Å². The van der Waals surface area contributed by atoms with E-state index >= 15 is 0 Å². The van der Waals surface area contributed by atoms with Crippen LogP contribution in [0.3, 0.4) is 0 Å². The van der Waals surface area contributed by atoms with Gasteiger partial charge in [-0.1, -0.05) is 60.7 Å². The number of carbonyl (C=O) groups is 1. The van der Waals surface area contributed by atoms with Crippen molar-refractivity contribution in [3.63, 3.8) is 0 Å². The van der Waals surface area contributed by atoms with Crippen molar-refractivity contribution in [2.24, 2.45) is 0 Å². The predicted molar refractivity (Wildman–Crippen MR) is 117 cm³/mol. The van der Waals surface area contributed by atoms with Gasteiger partial charge < -0.3 is 10.6 Å². The lowest BCUT2D eigenvalue weighted by Gasteiger charge is -2.15. The molecule has 4 nitrogen and oxygen atoms in total. The van der Waals surface area contributed by atoms with Gasteiger partial charge in [-0.15, -0.1) is 0 Å². The van der Waals surface area contributed by atoms with Crippen molar-refractivity contribution >= 4 is 11.7 Å². The SMILES string of the molecule is O=C1NCCN1c1cccc(-c2ccc(CNC3Cc4ccccc4C3)cc2)c1. The first-order valence-electron chi connectivity index (χ1n) is 10.3. The molecule has 3 aromatic carbocycles. The minimum Gasteiger partial charge on any atom is -0.336 e. The third kappa shape index (κ3) is 3.76. The first-order chi connectivity index (χ1) is 14.3. The zero-order valence-corrected chi connectivity index (χ0v) is 16.4. The molecule has 1 saturated heterocycles. The summed E-state index contributed by atoms with van der Waals surface area (Å²) >= 11 is 0. The van der Waals surface area contributed by atoms with Crippen LogP contribution < -0.4 is 15.5 Å². The van der Waals surface area contributed by atoms with Crippen LogP contribution in [-0.2, 0) is 19.4 Å². The molecule has 2 aliphatic rings. The number of hydrogen-bond acceptors (Lipinski definition) is 2. The molecule has 1 fully saturated rings. The van der Waals surface area contributed by atoms with E-state index in [4.69, 9.17) is 0 Å². The number of hydrogen-bond donors (Lipinski definition) is 2. The molecule has 4 heteroatoms. The molecule has 3 aromatic rings.